The first-order valence-corrected chi connectivity index (χ1v) is 10.2. The number of amides is 1. The van der Waals surface area contributed by atoms with Gasteiger partial charge in [0.05, 0.1) is 9.21 Å². The first kappa shape index (κ1) is 17.5. The van der Waals surface area contributed by atoms with E-state index in [0.717, 1.165) is 43.6 Å². The van der Waals surface area contributed by atoms with Crippen molar-refractivity contribution in [2.45, 2.75) is 19.8 Å². The Kier molecular flexibility index (Phi) is 5.00. The Morgan fingerprint density at radius 2 is 1.77 bits per heavy atom. The first-order chi connectivity index (χ1) is 12.6. The number of rotatable bonds is 3. The molecule has 1 amide bonds. The van der Waals surface area contributed by atoms with Crippen LogP contribution in [0, 0.1) is 6.92 Å². The highest BCUT2D eigenvalue weighted by molar-refractivity contribution is 7.17. The molecule has 2 fully saturated rings. The van der Waals surface area contributed by atoms with Gasteiger partial charge in [0.25, 0.3) is 5.91 Å². The lowest BCUT2D eigenvalue weighted by Crippen LogP contribution is -2.49. The number of carbonyl (C=O) groups is 1. The second-order valence-electron chi connectivity index (χ2n) is 6.74. The van der Waals surface area contributed by atoms with Gasteiger partial charge in [-0.1, -0.05) is 11.6 Å². The minimum atomic E-state index is 0.0597. The van der Waals surface area contributed by atoms with E-state index in [2.05, 4.69) is 20.9 Å². The number of nitrogens with zero attached hydrogens (tertiary/aromatic N) is 5. The summed E-state index contributed by atoms with van der Waals surface area (Å²) in [5.41, 5.74) is 0.989. The van der Waals surface area contributed by atoms with E-state index in [1.54, 1.807) is 12.1 Å². The van der Waals surface area contributed by atoms with Crippen LogP contribution in [0.4, 0.5) is 11.8 Å². The molecule has 0 aliphatic carbocycles. The summed E-state index contributed by atoms with van der Waals surface area (Å²) in [6, 6.07) is 5.64. The Labute approximate surface area is 162 Å². The molecule has 0 bridgehead atoms. The van der Waals surface area contributed by atoms with Gasteiger partial charge in [-0.3, -0.25) is 4.79 Å². The highest BCUT2D eigenvalue weighted by Crippen LogP contribution is 2.25. The summed E-state index contributed by atoms with van der Waals surface area (Å²) in [7, 11) is 0. The third-order valence-corrected chi connectivity index (χ3v) is 6.11. The van der Waals surface area contributed by atoms with E-state index in [9.17, 15) is 4.79 Å². The first-order valence-electron chi connectivity index (χ1n) is 9.00. The smallest absolute Gasteiger partial charge is 0.264 e. The molecule has 8 heteroatoms. The number of anilines is 2. The van der Waals surface area contributed by atoms with Gasteiger partial charge in [-0.2, -0.15) is 4.98 Å². The summed E-state index contributed by atoms with van der Waals surface area (Å²) in [6.45, 7) is 6.99. The summed E-state index contributed by atoms with van der Waals surface area (Å²) >= 11 is 7.28. The molecule has 0 N–H and O–H groups in total. The Balaban J connectivity index is 1.43. The van der Waals surface area contributed by atoms with E-state index in [4.69, 9.17) is 16.6 Å². The topological polar surface area (TPSA) is 52.6 Å². The molecule has 26 heavy (non-hydrogen) atoms. The SMILES string of the molecule is Cc1cc(N2CCCC2)nc(N2CCN(C(=O)c3ccc(Cl)s3)CC2)n1. The van der Waals surface area contributed by atoms with Crippen molar-refractivity contribution in [3.8, 4) is 0 Å². The van der Waals surface area contributed by atoms with E-state index >= 15 is 0 Å². The molecule has 138 valence electrons. The molecule has 4 rings (SSSR count). The molecule has 0 unspecified atom stereocenters. The van der Waals surface area contributed by atoms with Crippen molar-refractivity contribution in [1.82, 2.24) is 14.9 Å². The van der Waals surface area contributed by atoms with E-state index in [0.29, 0.717) is 22.3 Å². The Morgan fingerprint density at radius 1 is 1.04 bits per heavy atom. The molecule has 2 aromatic rings. The normalized spacial score (nSPS) is 17.8. The van der Waals surface area contributed by atoms with Gasteiger partial charge in [0.1, 0.15) is 5.82 Å². The van der Waals surface area contributed by atoms with Gasteiger partial charge in [-0.05, 0) is 31.9 Å². The van der Waals surface area contributed by atoms with E-state index in [-0.39, 0.29) is 5.91 Å². The molecule has 2 aliphatic heterocycles. The van der Waals surface area contributed by atoms with Crippen molar-refractivity contribution in [2.24, 2.45) is 0 Å². The van der Waals surface area contributed by atoms with E-state index in [1.165, 1.54) is 24.2 Å². The van der Waals surface area contributed by atoms with Crippen LogP contribution in [0.15, 0.2) is 18.2 Å². The number of hydrogen-bond donors (Lipinski definition) is 0. The quantitative estimate of drug-likeness (QED) is 0.804. The predicted molar refractivity (Wildman–Crippen MR) is 106 cm³/mol. The van der Waals surface area contributed by atoms with Crippen molar-refractivity contribution < 1.29 is 4.79 Å². The van der Waals surface area contributed by atoms with Crippen molar-refractivity contribution >= 4 is 40.6 Å². The number of hydrogen-bond acceptors (Lipinski definition) is 6. The lowest BCUT2D eigenvalue weighted by atomic mass is 10.3. The maximum absolute atomic E-state index is 12.6. The van der Waals surface area contributed by atoms with E-state index < -0.39 is 0 Å². The predicted octanol–water partition coefficient (Wildman–Crippen LogP) is 3.06. The number of thiophene rings is 1. The van der Waals surface area contributed by atoms with Crippen molar-refractivity contribution in [3.05, 3.63) is 33.1 Å². The molecule has 4 heterocycles. The molecule has 2 aromatic heterocycles. The van der Waals surface area contributed by atoms with Crippen LogP contribution in [-0.2, 0) is 0 Å². The Hall–Kier alpha value is -1.86. The van der Waals surface area contributed by atoms with Crippen LogP contribution in [0.5, 0.6) is 0 Å². The molecule has 0 aromatic carbocycles. The lowest BCUT2D eigenvalue weighted by molar-refractivity contribution is 0.0751. The zero-order valence-corrected chi connectivity index (χ0v) is 16.4. The summed E-state index contributed by atoms with van der Waals surface area (Å²) in [6.07, 6.45) is 2.46. The molecule has 0 spiro atoms. The molecule has 6 nitrogen and oxygen atoms in total. The second-order valence-corrected chi connectivity index (χ2v) is 8.46. The molecule has 2 aliphatic rings. The van der Waals surface area contributed by atoms with Crippen LogP contribution in [0.2, 0.25) is 4.34 Å². The highest BCUT2D eigenvalue weighted by atomic mass is 35.5. The average molecular weight is 392 g/mol. The van der Waals surface area contributed by atoms with Crippen LogP contribution in [0.3, 0.4) is 0 Å². The zero-order valence-electron chi connectivity index (χ0n) is 14.8. The second kappa shape index (κ2) is 7.40. The minimum Gasteiger partial charge on any atom is -0.356 e. The maximum atomic E-state index is 12.6. The zero-order chi connectivity index (χ0) is 18.1. The van der Waals surface area contributed by atoms with Crippen LogP contribution < -0.4 is 9.80 Å². The molecular weight excluding hydrogens is 370 g/mol. The van der Waals surface area contributed by atoms with Crippen molar-refractivity contribution in [1.29, 1.82) is 0 Å². The third kappa shape index (κ3) is 3.64. The maximum Gasteiger partial charge on any atom is 0.264 e. The fraction of sp³-hybridized carbons (Fsp3) is 0.500. The fourth-order valence-electron chi connectivity index (χ4n) is 3.48. The van der Waals surface area contributed by atoms with Gasteiger partial charge in [0.15, 0.2) is 0 Å². The fourth-order valence-corrected chi connectivity index (χ4v) is 4.49. The van der Waals surface area contributed by atoms with Gasteiger partial charge in [0.2, 0.25) is 5.95 Å². The van der Waals surface area contributed by atoms with Crippen LogP contribution in [0.1, 0.15) is 28.2 Å². The van der Waals surface area contributed by atoms with Crippen LogP contribution >= 0.6 is 22.9 Å². The number of piperazine rings is 1. The van der Waals surface area contributed by atoms with Crippen LogP contribution in [0.25, 0.3) is 0 Å². The summed E-state index contributed by atoms with van der Waals surface area (Å²) < 4.78 is 0.648. The number of carbonyl (C=O) groups excluding carboxylic acids is 1. The van der Waals surface area contributed by atoms with E-state index in [1.807, 2.05) is 11.8 Å². The lowest BCUT2D eigenvalue weighted by Gasteiger charge is -2.35. The number of aryl methyl sites for hydroxylation is 1. The van der Waals surface area contributed by atoms with Crippen LogP contribution in [-0.4, -0.2) is 60.0 Å². The van der Waals surface area contributed by atoms with Gasteiger partial charge in [0, 0.05) is 51.0 Å². The van der Waals surface area contributed by atoms with Crippen molar-refractivity contribution in [3.63, 3.8) is 0 Å². The minimum absolute atomic E-state index is 0.0597. The summed E-state index contributed by atoms with van der Waals surface area (Å²) in [5.74, 6) is 1.86. The molecule has 0 atom stereocenters. The van der Waals surface area contributed by atoms with Crippen molar-refractivity contribution in [2.75, 3.05) is 49.1 Å². The molecule has 0 radical (unpaired) electrons. The number of halogens is 1. The average Bonchev–Trinajstić information content (AvgIpc) is 3.32. The number of aromatic nitrogens is 2. The summed E-state index contributed by atoms with van der Waals surface area (Å²) in [4.78, 5) is 29.1. The largest absolute Gasteiger partial charge is 0.356 e. The molecule has 0 saturated carbocycles. The van der Waals surface area contributed by atoms with Gasteiger partial charge < -0.3 is 14.7 Å². The Bertz CT molecular complexity index is 797. The third-order valence-electron chi connectivity index (χ3n) is 4.89. The molecule has 2 saturated heterocycles. The highest BCUT2D eigenvalue weighted by Gasteiger charge is 2.25. The monoisotopic (exact) mass is 391 g/mol. The van der Waals surface area contributed by atoms with Gasteiger partial charge in [-0.25, -0.2) is 4.98 Å². The van der Waals surface area contributed by atoms with Gasteiger partial charge in [-0.15, -0.1) is 11.3 Å². The standard InChI is InChI=1S/C18H22ClN5OS/c1-13-12-16(22-6-2-3-7-22)21-18(20-13)24-10-8-23(9-11-24)17(25)14-4-5-15(19)26-14/h4-5,12H,2-3,6-11H2,1H3. The Morgan fingerprint density at radius 3 is 2.42 bits per heavy atom. The summed E-state index contributed by atoms with van der Waals surface area (Å²) in [5, 5.41) is 0. The van der Waals surface area contributed by atoms with Gasteiger partial charge >= 0.3 is 0 Å². The molecular formula is C18H22ClN5OS.